The number of amides is 1. The Morgan fingerprint density at radius 1 is 1.27 bits per heavy atom. The number of carbonyl (C=O) groups excluding carboxylic acids is 1. The third-order valence-corrected chi connectivity index (χ3v) is 5.12. The molecule has 4 rings (SSSR count). The van der Waals surface area contributed by atoms with Crippen LogP contribution in [0.3, 0.4) is 0 Å². The van der Waals surface area contributed by atoms with Crippen LogP contribution >= 0.6 is 15.9 Å². The lowest BCUT2D eigenvalue weighted by Crippen LogP contribution is -2.23. The predicted molar refractivity (Wildman–Crippen MR) is 118 cm³/mol. The van der Waals surface area contributed by atoms with Crippen molar-refractivity contribution in [2.45, 2.75) is 13.0 Å². The van der Waals surface area contributed by atoms with Crippen LogP contribution in [0.1, 0.15) is 5.56 Å². The van der Waals surface area contributed by atoms with Crippen molar-refractivity contribution in [2.75, 3.05) is 29.7 Å². The smallest absolute Gasteiger partial charge is 0.274 e. The molecule has 0 radical (unpaired) electrons. The van der Waals surface area contributed by atoms with Gasteiger partial charge in [0.1, 0.15) is 5.69 Å². The molecule has 1 aliphatic rings. The number of aromatic nitrogens is 3. The molecule has 1 amide bonds. The maximum absolute atomic E-state index is 12.6. The Hall–Kier alpha value is -3.24. The normalized spacial score (nSPS) is 12.4. The van der Waals surface area contributed by atoms with Crippen LogP contribution in [-0.4, -0.2) is 34.2 Å². The minimum Gasteiger partial charge on any atom is -0.383 e. The van der Waals surface area contributed by atoms with Crippen molar-refractivity contribution >= 4 is 50.7 Å². The number of hydrogen-bond donors (Lipinski definition) is 3. The quantitative estimate of drug-likeness (QED) is 0.486. The van der Waals surface area contributed by atoms with Crippen molar-refractivity contribution in [1.29, 1.82) is 0 Å². The van der Waals surface area contributed by atoms with Gasteiger partial charge in [0.05, 0.1) is 17.5 Å². The second-order valence-electron chi connectivity index (χ2n) is 6.65. The van der Waals surface area contributed by atoms with Crippen molar-refractivity contribution in [2.24, 2.45) is 0 Å². The standard InChI is InChI=1S/C20H19BrN6O3/c1-30-8-7-27-6-2-3-16(19(27)29)25-18-14(21)11-22-20(26-18)23-13-4-5-15-12(9-13)10-17(28)24-15/h2-6,9,11H,7-8,10H2,1H3,(H,24,28)(H2,22,23,25,26). The number of methoxy groups -OCH3 is 1. The molecule has 0 spiro atoms. The van der Waals surface area contributed by atoms with Crippen molar-refractivity contribution in [3.8, 4) is 0 Å². The van der Waals surface area contributed by atoms with Gasteiger partial charge in [-0.05, 0) is 51.8 Å². The minimum absolute atomic E-state index is 0.0208. The second-order valence-corrected chi connectivity index (χ2v) is 7.50. The number of carbonyl (C=O) groups is 1. The number of rotatable bonds is 7. The predicted octanol–water partition coefficient (Wildman–Crippen LogP) is 3.03. The molecule has 0 saturated heterocycles. The second kappa shape index (κ2) is 8.64. The Balaban J connectivity index is 1.55. The Morgan fingerprint density at radius 2 is 2.13 bits per heavy atom. The van der Waals surface area contributed by atoms with E-state index in [1.807, 2.05) is 18.2 Å². The molecule has 0 bridgehead atoms. The lowest BCUT2D eigenvalue weighted by atomic mass is 10.1. The Bertz CT molecular complexity index is 1160. The lowest BCUT2D eigenvalue weighted by molar-refractivity contribution is -0.115. The van der Waals surface area contributed by atoms with Crippen LogP contribution in [0, 0.1) is 0 Å². The van der Waals surface area contributed by atoms with Crippen LogP contribution in [0.25, 0.3) is 0 Å². The number of anilines is 5. The van der Waals surface area contributed by atoms with Gasteiger partial charge in [-0.2, -0.15) is 4.98 Å². The molecule has 0 saturated carbocycles. The van der Waals surface area contributed by atoms with Crippen molar-refractivity contribution in [1.82, 2.24) is 14.5 Å². The summed E-state index contributed by atoms with van der Waals surface area (Å²) in [5.41, 5.74) is 2.71. The van der Waals surface area contributed by atoms with Crippen LogP contribution in [0.15, 0.2) is 52.0 Å². The zero-order valence-corrected chi connectivity index (χ0v) is 17.7. The number of hydrogen-bond acceptors (Lipinski definition) is 7. The highest BCUT2D eigenvalue weighted by molar-refractivity contribution is 9.10. The summed E-state index contributed by atoms with van der Waals surface area (Å²) in [6.45, 7) is 0.898. The largest absolute Gasteiger partial charge is 0.383 e. The summed E-state index contributed by atoms with van der Waals surface area (Å²) < 4.78 is 7.23. The summed E-state index contributed by atoms with van der Waals surface area (Å²) in [7, 11) is 1.59. The highest BCUT2D eigenvalue weighted by Gasteiger charge is 2.18. The van der Waals surface area contributed by atoms with Crippen LogP contribution < -0.4 is 21.5 Å². The average molecular weight is 471 g/mol. The zero-order chi connectivity index (χ0) is 21.1. The highest BCUT2D eigenvalue weighted by Crippen LogP contribution is 2.28. The topological polar surface area (TPSA) is 110 Å². The first-order chi connectivity index (χ1) is 14.5. The maximum atomic E-state index is 12.6. The first-order valence-electron chi connectivity index (χ1n) is 9.21. The molecule has 10 heteroatoms. The summed E-state index contributed by atoms with van der Waals surface area (Å²) >= 11 is 3.42. The fourth-order valence-corrected chi connectivity index (χ4v) is 3.37. The summed E-state index contributed by atoms with van der Waals surface area (Å²) in [6, 6.07) is 9.05. The van der Waals surface area contributed by atoms with Gasteiger partial charge in [0.2, 0.25) is 11.9 Å². The third-order valence-electron chi connectivity index (χ3n) is 4.54. The van der Waals surface area contributed by atoms with Crippen molar-refractivity contribution in [3.05, 3.63) is 63.1 Å². The van der Waals surface area contributed by atoms with E-state index in [0.29, 0.717) is 41.5 Å². The van der Waals surface area contributed by atoms with Crippen LogP contribution in [0.2, 0.25) is 0 Å². The van der Waals surface area contributed by atoms with Gasteiger partial charge in [-0.25, -0.2) is 4.98 Å². The van der Waals surface area contributed by atoms with Gasteiger partial charge in [-0.3, -0.25) is 9.59 Å². The van der Waals surface area contributed by atoms with Gasteiger partial charge in [-0.1, -0.05) is 0 Å². The Labute approximate surface area is 180 Å². The van der Waals surface area contributed by atoms with E-state index in [9.17, 15) is 9.59 Å². The number of fused-ring (bicyclic) bond motifs is 1. The van der Waals surface area contributed by atoms with E-state index in [2.05, 4.69) is 41.8 Å². The minimum atomic E-state index is -0.176. The van der Waals surface area contributed by atoms with E-state index in [1.54, 1.807) is 36.2 Å². The van der Waals surface area contributed by atoms with Gasteiger partial charge >= 0.3 is 0 Å². The fraction of sp³-hybridized carbons (Fsp3) is 0.200. The fourth-order valence-electron chi connectivity index (χ4n) is 3.08. The van der Waals surface area contributed by atoms with Gasteiger partial charge in [0.25, 0.3) is 5.56 Å². The lowest BCUT2D eigenvalue weighted by Gasteiger charge is -2.12. The van der Waals surface area contributed by atoms with Crippen LogP contribution in [0.4, 0.5) is 28.8 Å². The summed E-state index contributed by atoms with van der Waals surface area (Å²) in [6.07, 6.45) is 3.66. The first-order valence-corrected chi connectivity index (χ1v) is 10.0. The number of pyridine rings is 1. The molecule has 30 heavy (non-hydrogen) atoms. The van der Waals surface area contributed by atoms with E-state index < -0.39 is 0 Å². The van der Waals surface area contributed by atoms with Gasteiger partial charge in [-0.15, -0.1) is 0 Å². The van der Waals surface area contributed by atoms with Crippen LogP contribution in [-0.2, 0) is 22.5 Å². The number of benzene rings is 1. The van der Waals surface area contributed by atoms with E-state index in [-0.39, 0.29) is 11.5 Å². The van der Waals surface area contributed by atoms with Gasteiger partial charge in [0, 0.05) is 37.4 Å². The molecule has 3 aromatic rings. The molecule has 3 N–H and O–H groups in total. The molecule has 2 aromatic heterocycles. The maximum Gasteiger partial charge on any atom is 0.274 e. The zero-order valence-electron chi connectivity index (χ0n) is 16.1. The molecule has 9 nitrogen and oxygen atoms in total. The van der Waals surface area contributed by atoms with E-state index >= 15 is 0 Å². The van der Waals surface area contributed by atoms with E-state index in [4.69, 9.17) is 4.74 Å². The number of nitrogens with zero attached hydrogens (tertiary/aromatic N) is 3. The average Bonchev–Trinajstić information content (AvgIpc) is 3.10. The molecular formula is C20H19BrN6O3. The molecule has 0 aliphatic carbocycles. The summed E-state index contributed by atoms with van der Waals surface area (Å²) in [4.78, 5) is 32.9. The molecule has 1 aliphatic heterocycles. The van der Waals surface area contributed by atoms with Crippen molar-refractivity contribution in [3.63, 3.8) is 0 Å². The van der Waals surface area contributed by atoms with Crippen LogP contribution in [0.5, 0.6) is 0 Å². The molecular weight excluding hydrogens is 452 g/mol. The molecule has 0 fully saturated rings. The molecule has 154 valence electrons. The highest BCUT2D eigenvalue weighted by atomic mass is 79.9. The van der Waals surface area contributed by atoms with Gasteiger partial charge in [0.15, 0.2) is 5.82 Å². The first kappa shape index (κ1) is 20.0. The monoisotopic (exact) mass is 470 g/mol. The molecule has 3 heterocycles. The summed E-state index contributed by atoms with van der Waals surface area (Å²) in [5.74, 6) is 0.785. The van der Waals surface area contributed by atoms with E-state index in [1.165, 1.54) is 0 Å². The SMILES string of the molecule is COCCn1cccc(Nc2nc(Nc3ccc4c(c3)CC(=O)N4)ncc2Br)c1=O. The molecule has 0 atom stereocenters. The number of halogens is 1. The summed E-state index contributed by atoms with van der Waals surface area (Å²) in [5, 5.41) is 9.00. The van der Waals surface area contributed by atoms with E-state index in [0.717, 1.165) is 16.9 Å². The molecule has 1 aromatic carbocycles. The Morgan fingerprint density at radius 3 is 2.97 bits per heavy atom. The van der Waals surface area contributed by atoms with Gasteiger partial charge < -0.3 is 25.3 Å². The molecule has 0 unspecified atom stereocenters. The Kier molecular flexibility index (Phi) is 5.77. The third kappa shape index (κ3) is 4.34. The van der Waals surface area contributed by atoms with Crippen molar-refractivity contribution < 1.29 is 9.53 Å². The number of nitrogens with one attached hydrogen (secondary N) is 3. The number of ether oxygens (including phenoxy) is 1.